The van der Waals surface area contributed by atoms with Crippen LogP contribution in [0.2, 0.25) is 0 Å². The van der Waals surface area contributed by atoms with Crippen molar-refractivity contribution < 1.29 is 4.79 Å². The summed E-state index contributed by atoms with van der Waals surface area (Å²) in [4.78, 5) is 34.2. The standard InChI is InChI=1S/C27H21N7O/c1-17(35)18-8-7-9-19(14-18)25-32-26(28-15-23-30-21-12-5-6-13-22(21)31-23)24-27(33-25)34(16-29-24)20-10-3-2-4-11-20/h2-14,16H,15H2,1H3,(H,30,31)(H,28,32,33). The van der Waals surface area contributed by atoms with Gasteiger partial charge < -0.3 is 10.3 Å². The fourth-order valence-electron chi connectivity index (χ4n) is 4.06. The minimum absolute atomic E-state index is 0.00881. The number of hydrogen-bond donors (Lipinski definition) is 2. The molecule has 0 spiro atoms. The molecule has 3 aromatic heterocycles. The van der Waals surface area contributed by atoms with Crippen molar-refractivity contribution in [1.82, 2.24) is 29.5 Å². The second-order valence-electron chi connectivity index (χ2n) is 8.21. The summed E-state index contributed by atoms with van der Waals surface area (Å²) in [6.07, 6.45) is 1.75. The van der Waals surface area contributed by atoms with Crippen LogP contribution >= 0.6 is 0 Å². The van der Waals surface area contributed by atoms with Crippen LogP contribution in [0.4, 0.5) is 5.82 Å². The number of carbonyl (C=O) groups is 1. The zero-order chi connectivity index (χ0) is 23.8. The lowest BCUT2D eigenvalue weighted by molar-refractivity contribution is 0.101. The number of H-pyrrole nitrogens is 1. The first-order chi connectivity index (χ1) is 17.2. The third-order valence-electron chi connectivity index (χ3n) is 5.82. The molecule has 3 heterocycles. The number of rotatable bonds is 6. The molecule has 6 rings (SSSR count). The van der Waals surface area contributed by atoms with E-state index in [1.54, 1.807) is 19.3 Å². The number of imidazole rings is 2. The normalized spacial score (nSPS) is 11.2. The number of nitrogens with one attached hydrogen (secondary N) is 2. The van der Waals surface area contributed by atoms with E-state index < -0.39 is 0 Å². The summed E-state index contributed by atoms with van der Waals surface area (Å²) >= 11 is 0. The summed E-state index contributed by atoms with van der Waals surface area (Å²) in [6, 6.07) is 25.2. The summed E-state index contributed by atoms with van der Waals surface area (Å²) < 4.78 is 1.93. The van der Waals surface area contributed by atoms with Gasteiger partial charge in [-0.3, -0.25) is 9.36 Å². The summed E-state index contributed by atoms with van der Waals surface area (Å²) in [5, 5.41) is 3.39. The number of ketones is 1. The second-order valence-corrected chi connectivity index (χ2v) is 8.21. The first kappa shape index (κ1) is 20.7. The van der Waals surface area contributed by atoms with Crippen molar-refractivity contribution in [3.8, 4) is 17.1 Å². The van der Waals surface area contributed by atoms with Gasteiger partial charge in [-0.25, -0.2) is 19.9 Å². The SMILES string of the molecule is CC(=O)c1cccc(-c2nc(NCc3nc4ccccc4[nH]3)c3ncn(-c4ccccc4)c3n2)c1. The fraction of sp³-hybridized carbons (Fsp3) is 0.0741. The molecule has 0 radical (unpaired) electrons. The predicted molar refractivity (Wildman–Crippen MR) is 136 cm³/mol. The van der Waals surface area contributed by atoms with Gasteiger partial charge >= 0.3 is 0 Å². The van der Waals surface area contributed by atoms with Gasteiger partial charge in [0.1, 0.15) is 12.2 Å². The number of carbonyl (C=O) groups excluding carboxylic acids is 1. The number of para-hydroxylation sites is 3. The highest BCUT2D eigenvalue weighted by molar-refractivity contribution is 5.95. The number of Topliss-reactive ketones (excluding diaryl/α,β-unsaturated/α-hetero) is 1. The van der Waals surface area contributed by atoms with E-state index in [4.69, 9.17) is 9.97 Å². The average molecular weight is 460 g/mol. The van der Waals surface area contributed by atoms with E-state index in [0.29, 0.717) is 34.9 Å². The highest BCUT2D eigenvalue weighted by Crippen LogP contribution is 2.27. The Morgan fingerprint density at radius 3 is 2.60 bits per heavy atom. The molecule has 8 nitrogen and oxygen atoms in total. The predicted octanol–water partition coefficient (Wildman–Crippen LogP) is 5.17. The van der Waals surface area contributed by atoms with Gasteiger partial charge in [0.15, 0.2) is 28.6 Å². The number of hydrogen-bond acceptors (Lipinski definition) is 6. The number of aromatic amines is 1. The lowest BCUT2D eigenvalue weighted by Gasteiger charge is -2.10. The van der Waals surface area contributed by atoms with E-state index in [2.05, 4.69) is 20.3 Å². The summed E-state index contributed by atoms with van der Waals surface area (Å²) in [5.41, 5.74) is 5.52. The lowest BCUT2D eigenvalue weighted by atomic mass is 10.1. The van der Waals surface area contributed by atoms with Gasteiger partial charge in [-0.05, 0) is 37.3 Å². The molecule has 3 aromatic carbocycles. The zero-order valence-corrected chi connectivity index (χ0v) is 18.9. The fourth-order valence-corrected chi connectivity index (χ4v) is 4.06. The van der Waals surface area contributed by atoms with Crippen LogP contribution in [0.5, 0.6) is 0 Å². The summed E-state index contributed by atoms with van der Waals surface area (Å²) in [6.45, 7) is 1.99. The second kappa shape index (κ2) is 8.49. The quantitative estimate of drug-likeness (QED) is 0.333. The van der Waals surface area contributed by atoms with Gasteiger partial charge in [0.25, 0.3) is 0 Å². The topological polar surface area (TPSA) is 101 Å². The van der Waals surface area contributed by atoms with Crippen LogP contribution in [0, 0.1) is 0 Å². The maximum atomic E-state index is 12.0. The minimum Gasteiger partial charge on any atom is -0.361 e. The van der Waals surface area contributed by atoms with Crippen LogP contribution in [0.1, 0.15) is 23.1 Å². The molecular formula is C27H21N7O. The van der Waals surface area contributed by atoms with Gasteiger partial charge in [-0.1, -0.05) is 48.5 Å². The van der Waals surface area contributed by atoms with Crippen LogP contribution in [0.25, 0.3) is 39.3 Å². The third-order valence-corrected chi connectivity index (χ3v) is 5.82. The minimum atomic E-state index is -0.00881. The highest BCUT2D eigenvalue weighted by Gasteiger charge is 2.16. The summed E-state index contributed by atoms with van der Waals surface area (Å²) in [5.74, 6) is 1.88. The van der Waals surface area contributed by atoms with Gasteiger partial charge in [0.05, 0.1) is 17.6 Å². The molecule has 0 saturated heterocycles. The van der Waals surface area contributed by atoms with E-state index in [-0.39, 0.29) is 5.78 Å². The Kier molecular flexibility index (Phi) is 5.03. The molecular weight excluding hydrogens is 438 g/mol. The molecule has 0 aliphatic rings. The van der Waals surface area contributed by atoms with Gasteiger partial charge in [0, 0.05) is 16.8 Å². The number of fused-ring (bicyclic) bond motifs is 2. The molecule has 6 aromatic rings. The van der Waals surface area contributed by atoms with Crippen LogP contribution in [0.3, 0.4) is 0 Å². The molecule has 2 N–H and O–H groups in total. The molecule has 0 atom stereocenters. The maximum Gasteiger partial charge on any atom is 0.170 e. The zero-order valence-electron chi connectivity index (χ0n) is 18.9. The first-order valence-electron chi connectivity index (χ1n) is 11.2. The van der Waals surface area contributed by atoms with Crippen molar-refractivity contribution in [3.63, 3.8) is 0 Å². The Labute approximate surface area is 200 Å². The monoisotopic (exact) mass is 459 g/mol. The Hall–Kier alpha value is -4.85. The molecule has 35 heavy (non-hydrogen) atoms. The van der Waals surface area contributed by atoms with Gasteiger partial charge in [-0.2, -0.15) is 0 Å². The van der Waals surface area contributed by atoms with Crippen molar-refractivity contribution >= 4 is 33.8 Å². The number of benzene rings is 3. The van der Waals surface area contributed by atoms with Crippen LogP contribution in [-0.4, -0.2) is 35.3 Å². The molecule has 0 aliphatic heterocycles. The van der Waals surface area contributed by atoms with E-state index in [0.717, 1.165) is 28.1 Å². The van der Waals surface area contributed by atoms with Gasteiger partial charge in [0.2, 0.25) is 0 Å². The van der Waals surface area contributed by atoms with Crippen molar-refractivity contribution in [3.05, 3.63) is 96.6 Å². The van der Waals surface area contributed by atoms with Gasteiger partial charge in [-0.15, -0.1) is 0 Å². The van der Waals surface area contributed by atoms with E-state index in [1.807, 2.05) is 77.4 Å². The van der Waals surface area contributed by atoms with Crippen LogP contribution in [0.15, 0.2) is 85.2 Å². The molecule has 0 bridgehead atoms. The molecule has 0 unspecified atom stereocenters. The average Bonchev–Trinajstić information content (AvgIpc) is 3.52. The van der Waals surface area contributed by atoms with Crippen molar-refractivity contribution in [1.29, 1.82) is 0 Å². The Bertz CT molecular complexity index is 1650. The van der Waals surface area contributed by atoms with E-state index in [9.17, 15) is 4.79 Å². The highest BCUT2D eigenvalue weighted by atomic mass is 16.1. The largest absolute Gasteiger partial charge is 0.361 e. The Balaban J connectivity index is 1.46. The molecule has 0 saturated carbocycles. The van der Waals surface area contributed by atoms with Crippen molar-refractivity contribution in [2.45, 2.75) is 13.5 Å². The number of nitrogens with zero attached hydrogens (tertiary/aromatic N) is 5. The summed E-state index contributed by atoms with van der Waals surface area (Å²) in [7, 11) is 0. The van der Waals surface area contributed by atoms with E-state index >= 15 is 0 Å². The first-order valence-corrected chi connectivity index (χ1v) is 11.2. The lowest BCUT2D eigenvalue weighted by Crippen LogP contribution is -2.06. The smallest absolute Gasteiger partial charge is 0.170 e. The molecule has 0 amide bonds. The Morgan fingerprint density at radius 1 is 0.943 bits per heavy atom. The van der Waals surface area contributed by atoms with Crippen molar-refractivity contribution in [2.75, 3.05) is 5.32 Å². The van der Waals surface area contributed by atoms with Crippen LogP contribution < -0.4 is 5.32 Å². The Morgan fingerprint density at radius 2 is 1.77 bits per heavy atom. The number of anilines is 1. The van der Waals surface area contributed by atoms with Crippen molar-refractivity contribution in [2.24, 2.45) is 0 Å². The molecule has 0 aliphatic carbocycles. The third kappa shape index (κ3) is 3.91. The number of aromatic nitrogens is 6. The van der Waals surface area contributed by atoms with E-state index in [1.165, 1.54) is 0 Å². The molecule has 0 fully saturated rings. The van der Waals surface area contributed by atoms with Crippen LogP contribution in [-0.2, 0) is 6.54 Å². The molecule has 170 valence electrons. The molecule has 8 heteroatoms. The maximum absolute atomic E-state index is 12.0.